The monoisotopic (exact) mass is 720 g/mol. The van der Waals surface area contributed by atoms with Crippen molar-refractivity contribution < 1.29 is 38.2 Å². The van der Waals surface area contributed by atoms with Crippen molar-refractivity contribution in [3.8, 4) is 11.5 Å². The molecule has 0 saturated carbocycles. The number of esters is 2. The van der Waals surface area contributed by atoms with E-state index in [1.165, 1.54) is 50.5 Å². The minimum Gasteiger partial charge on any atom is -0.494 e. The van der Waals surface area contributed by atoms with Crippen LogP contribution >= 0.6 is 0 Å². The van der Waals surface area contributed by atoms with Gasteiger partial charge in [0.05, 0.1) is 23.8 Å². The fourth-order valence-electron chi connectivity index (χ4n) is 5.22. The Morgan fingerprint density at radius 2 is 1.15 bits per heavy atom. The number of Topliss-reactive ketones (excluding diaryl/α,β-unsaturated/α-hetero) is 1. The lowest BCUT2D eigenvalue weighted by molar-refractivity contribution is -0.118. The van der Waals surface area contributed by atoms with Crippen molar-refractivity contribution in [3.63, 3.8) is 0 Å². The van der Waals surface area contributed by atoms with E-state index in [0.717, 1.165) is 18.4 Å². The number of nitrogens with one attached hydrogen (secondary N) is 2. The summed E-state index contributed by atoms with van der Waals surface area (Å²) in [6.45, 7) is 9.57. The first kappa shape index (κ1) is 40.0. The van der Waals surface area contributed by atoms with Gasteiger partial charge < -0.3 is 24.8 Å². The maximum Gasteiger partial charge on any atom is 0.343 e. The highest BCUT2D eigenvalue weighted by atomic mass is 16.6. The third-order valence-electron chi connectivity index (χ3n) is 8.16. The van der Waals surface area contributed by atoms with Gasteiger partial charge in [0.15, 0.2) is 5.78 Å². The van der Waals surface area contributed by atoms with Gasteiger partial charge in [-0.15, -0.1) is 0 Å². The summed E-state index contributed by atoms with van der Waals surface area (Å²) in [5.41, 5.74) is 1.97. The van der Waals surface area contributed by atoms with Gasteiger partial charge in [0.2, 0.25) is 0 Å². The van der Waals surface area contributed by atoms with Crippen LogP contribution < -0.4 is 20.1 Å². The summed E-state index contributed by atoms with van der Waals surface area (Å²) in [7, 11) is 0. The molecule has 4 aromatic carbocycles. The third kappa shape index (κ3) is 13.1. The second-order valence-corrected chi connectivity index (χ2v) is 13.8. The molecule has 4 rings (SSSR count). The lowest BCUT2D eigenvalue weighted by Gasteiger charge is -2.19. The first-order valence-electron chi connectivity index (χ1n) is 17.9. The molecule has 0 aliphatic rings. The van der Waals surface area contributed by atoms with E-state index in [1.54, 1.807) is 93.6 Å². The number of amides is 2. The molecule has 0 aliphatic carbocycles. The predicted molar refractivity (Wildman–Crippen MR) is 204 cm³/mol. The minimum absolute atomic E-state index is 0.223. The molecule has 0 heterocycles. The molecule has 0 saturated heterocycles. The van der Waals surface area contributed by atoms with E-state index in [-0.39, 0.29) is 12.2 Å². The van der Waals surface area contributed by atoms with Crippen LogP contribution in [0.25, 0.3) is 0 Å². The highest BCUT2D eigenvalue weighted by molar-refractivity contribution is 6.05. The first-order valence-corrected chi connectivity index (χ1v) is 17.9. The Balaban J connectivity index is 1.25. The zero-order valence-electron chi connectivity index (χ0n) is 31.0. The van der Waals surface area contributed by atoms with E-state index in [2.05, 4.69) is 17.6 Å². The molecule has 0 unspecified atom stereocenters. The summed E-state index contributed by atoms with van der Waals surface area (Å²) in [5, 5.41) is 5.55. The molecular weight excluding hydrogens is 672 g/mol. The van der Waals surface area contributed by atoms with E-state index in [9.17, 15) is 24.0 Å². The van der Waals surface area contributed by atoms with E-state index in [0.29, 0.717) is 46.0 Å². The predicted octanol–water partition coefficient (Wildman–Crippen LogP) is 8.39. The lowest BCUT2D eigenvalue weighted by atomic mass is 10.0. The molecule has 0 bridgehead atoms. The fraction of sp³-hybridized carbons (Fsp3) is 0.326. The van der Waals surface area contributed by atoms with Crippen molar-refractivity contribution in [1.82, 2.24) is 5.32 Å². The Hall–Kier alpha value is -5.77. The standard InChI is InChI=1S/C43H48N2O8/c1-6-7-8-9-10-27-51-36-25-19-33(20-26-36)41(49)52-37-23-11-30(12-24-37)28-38(29(2)46)45-40(48)32-17-21-35(22-18-32)44-39(47)31-13-15-34(16-14-31)42(50)53-43(3,4)5/h11-26,38H,6-10,27-28H2,1-5H3,(H,44,47)(H,45,48)/t38-/m0/s1. The van der Waals surface area contributed by atoms with Gasteiger partial charge in [-0.3, -0.25) is 14.4 Å². The molecule has 10 nitrogen and oxygen atoms in total. The fourth-order valence-corrected chi connectivity index (χ4v) is 5.22. The number of unbranched alkanes of at least 4 members (excludes halogenated alkanes) is 4. The van der Waals surface area contributed by atoms with Crippen LogP contribution in [0.4, 0.5) is 5.69 Å². The van der Waals surface area contributed by atoms with Gasteiger partial charge in [-0.2, -0.15) is 0 Å². The summed E-state index contributed by atoms with van der Waals surface area (Å²) in [5.74, 6) is -0.992. The quantitative estimate of drug-likeness (QED) is 0.0631. The number of benzene rings is 4. The van der Waals surface area contributed by atoms with E-state index in [4.69, 9.17) is 14.2 Å². The lowest BCUT2D eigenvalue weighted by Crippen LogP contribution is -2.41. The number of carbonyl (C=O) groups excluding carboxylic acids is 5. The number of hydrogen-bond donors (Lipinski definition) is 2. The van der Waals surface area contributed by atoms with Crippen molar-refractivity contribution in [2.24, 2.45) is 0 Å². The maximum absolute atomic E-state index is 13.1. The van der Waals surface area contributed by atoms with Crippen LogP contribution in [0.5, 0.6) is 11.5 Å². The van der Waals surface area contributed by atoms with Crippen LogP contribution in [0.2, 0.25) is 0 Å². The Labute approximate surface area is 311 Å². The second-order valence-electron chi connectivity index (χ2n) is 13.8. The summed E-state index contributed by atoms with van der Waals surface area (Å²) in [4.78, 5) is 63.3. The molecular formula is C43H48N2O8. The minimum atomic E-state index is -0.795. The number of hydrogen-bond acceptors (Lipinski definition) is 8. The molecule has 1 atom stereocenters. The van der Waals surface area contributed by atoms with Crippen LogP contribution in [0.3, 0.4) is 0 Å². The molecule has 0 spiro atoms. The van der Waals surface area contributed by atoms with Crippen LogP contribution in [-0.4, -0.2) is 47.8 Å². The molecule has 0 fully saturated rings. The highest BCUT2D eigenvalue weighted by Gasteiger charge is 2.20. The smallest absolute Gasteiger partial charge is 0.343 e. The number of carbonyl (C=O) groups is 5. The van der Waals surface area contributed by atoms with Crippen LogP contribution in [0.15, 0.2) is 97.1 Å². The van der Waals surface area contributed by atoms with Gasteiger partial charge in [-0.05, 0) is 131 Å². The van der Waals surface area contributed by atoms with Gasteiger partial charge in [-0.1, -0.05) is 44.7 Å². The third-order valence-corrected chi connectivity index (χ3v) is 8.16. The average Bonchev–Trinajstić information content (AvgIpc) is 3.13. The van der Waals surface area contributed by atoms with Gasteiger partial charge in [-0.25, -0.2) is 9.59 Å². The van der Waals surface area contributed by atoms with Crippen molar-refractivity contribution in [2.45, 2.75) is 84.8 Å². The van der Waals surface area contributed by atoms with Crippen molar-refractivity contribution in [1.29, 1.82) is 0 Å². The number of anilines is 1. The number of ketones is 1. The Morgan fingerprint density at radius 3 is 1.75 bits per heavy atom. The zero-order chi connectivity index (χ0) is 38.4. The van der Waals surface area contributed by atoms with Gasteiger partial charge >= 0.3 is 11.9 Å². The van der Waals surface area contributed by atoms with Crippen molar-refractivity contribution in [2.75, 3.05) is 11.9 Å². The molecule has 0 aliphatic heterocycles. The number of rotatable bonds is 17. The summed E-state index contributed by atoms with van der Waals surface area (Å²) >= 11 is 0. The van der Waals surface area contributed by atoms with E-state index < -0.39 is 35.4 Å². The largest absolute Gasteiger partial charge is 0.494 e. The SMILES string of the molecule is CCCCCCCOc1ccc(C(=O)Oc2ccc(C[C@H](NC(=O)c3ccc(NC(=O)c4ccc(C(=O)OC(C)(C)C)cc4)cc3)C(C)=O)cc2)cc1. The van der Waals surface area contributed by atoms with Crippen LogP contribution in [0.1, 0.15) is 114 Å². The average molecular weight is 721 g/mol. The topological polar surface area (TPSA) is 137 Å². The number of ether oxygens (including phenoxy) is 3. The summed E-state index contributed by atoms with van der Waals surface area (Å²) < 4.78 is 16.7. The van der Waals surface area contributed by atoms with E-state index in [1.807, 2.05) is 0 Å². The Bertz CT molecular complexity index is 1840. The van der Waals surface area contributed by atoms with Crippen molar-refractivity contribution >= 4 is 35.2 Å². The summed E-state index contributed by atoms with van der Waals surface area (Å²) in [6.07, 6.45) is 6.01. The van der Waals surface area contributed by atoms with Crippen LogP contribution in [-0.2, 0) is 16.0 Å². The Morgan fingerprint density at radius 1 is 0.623 bits per heavy atom. The normalized spacial score (nSPS) is 11.6. The van der Waals surface area contributed by atoms with E-state index >= 15 is 0 Å². The molecule has 0 radical (unpaired) electrons. The van der Waals surface area contributed by atoms with Gasteiger partial charge in [0.25, 0.3) is 11.8 Å². The summed E-state index contributed by atoms with van der Waals surface area (Å²) in [6, 6.07) is 25.2. The molecule has 53 heavy (non-hydrogen) atoms. The zero-order valence-corrected chi connectivity index (χ0v) is 31.0. The molecule has 0 aromatic heterocycles. The van der Waals surface area contributed by atoms with Crippen LogP contribution in [0, 0.1) is 0 Å². The second kappa shape index (κ2) is 19.2. The van der Waals surface area contributed by atoms with Gasteiger partial charge in [0.1, 0.15) is 17.1 Å². The molecule has 4 aromatic rings. The van der Waals surface area contributed by atoms with Gasteiger partial charge in [0, 0.05) is 16.8 Å². The molecule has 2 N–H and O–H groups in total. The highest BCUT2D eigenvalue weighted by Crippen LogP contribution is 2.19. The Kier molecular flexibility index (Phi) is 14.5. The molecule has 2 amide bonds. The maximum atomic E-state index is 13.1. The molecule has 278 valence electrons. The molecule has 10 heteroatoms. The first-order chi connectivity index (χ1) is 25.3. The van der Waals surface area contributed by atoms with Crippen molar-refractivity contribution in [3.05, 3.63) is 125 Å².